The highest BCUT2D eigenvalue weighted by molar-refractivity contribution is 7.99. The van der Waals surface area contributed by atoms with Crippen LogP contribution in [0.15, 0.2) is 47.3 Å². The quantitative estimate of drug-likeness (QED) is 0.736. The number of hydrogen-bond donors (Lipinski definition) is 1. The molecule has 118 valence electrons. The molecule has 2 heterocycles. The molecule has 1 aromatic carbocycles. The lowest BCUT2D eigenvalue weighted by atomic mass is 10.2. The van der Waals surface area contributed by atoms with Crippen molar-refractivity contribution >= 4 is 35.0 Å². The monoisotopic (exact) mass is 349 g/mol. The van der Waals surface area contributed by atoms with Gasteiger partial charge in [-0.05, 0) is 40.8 Å². The highest BCUT2D eigenvalue weighted by Gasteiger charge is 2.09. The average molecular weight is 350 g/mol. The van der Waals surface area contributed by atoms with Gasteiger partial charge >= 0.3 is 0 Å². The highest BCUT2D eigenvalue weighted by Crippen LogP contribution is 2.25. The summed E-state index contributed by atoms with van der Waals surface area (Å²) >= 11 is 7.58. The Labute approximate surface area is 141 Å². The van der Waals surface area contributed by atoms with Crippen molar-refractivity contribution in [3.63, 3.8) is 0 Å². The van der Waals surface area contributed by atoms with Crippen molar-refractivity contribution in [3.8, 4) is 5.69 Å². The summed E-state index contributed by atoms with van der Waals surface area (Å²) in [4.78, 5) is 12.0. The lowest BCUT2D eigenvalue weighted by molar-refractivity contribution is -0.113. The van der Waals surface area contributed by atoms with E-state index >= 15 is 0 Å². The fraction of sp³-hybridized carbons (Fsp3) is 0.143. The van der Waals surface area contributed by atoms with Gasteiger partial charge in [0.1, 0.15) is 12.1 Å². The van der Waals surface area contributed by atoms with Crippen molar-refractivity contribution in [2.75, 3.05) is 11.1 Å². The van der Waals surface area contributed by atoms with E-state index in [1.54, 1.807) is 24.5 Å². The number of thioether (sulfide) groups is 1. The second-order valence-corrected chi connectivity index (χ2v) is 5.93. The summed E-state index contributed by atoms with van der Waals surface area (Å²) in [5.41, 5.74) is 1.22. The Balaban J connectivity index is 1.60. The summed E-state index contributed by atoms with van der Waals surface area (Å²) in [6.07, 6.45) is 3.08. The third kappa shape index (κ3) is 4.11. The number of carbonyl (C=O) groups excluding carboxylic acids is 1. The number of carbonyl (C=O) groups is 1. The van der Waals surface area contributed by atoms with Crippen LogP contribution >= 0.6 is 23.4 Å². The molecule has 0 aliphatic rings. The fourth-order valence-corrected chi connectivity index (χ4v) is 2.75. The molecule has 1 N–H and O–H groups in total. The summed E-state index contributed by atoms with van der Waals surface area (Å²) in [5.74, 6) is 1.63. The van der Waals surface area contributed by atoms with Crippen molar-refractivity contribution in [1.29, 1.82) is 0 Å². The third-order valence-electron chi connectivity index (χ3n) is 2.90. The number of furan rings is 1. The van der Waals surface area contributed by atoms with Gasteiger partial charge in [-0.15, -0.1) is 16.9 Å². The van der Waals surface area contributed by atoms with Gasteiger partial charge in [0.25, 0.3) is 0 Å². The van der Waals surface area contributed by atoms with E-state index in [-0.39, 0.29) is 5.91 Å². The van der Waals surface area contributed by atoms with Crippen LogP contribution < -0.4 is 5.32 Å². The standard InChI is InChI=1S/C14H12ClN5O2S/c15-12-4-3-10(20-9-16-18-19-20)6-13(12)17-14(21)8-23-7-11-2-1-5-22-11/h1-6,9H,7-8H2,(H,17,21). The number of hydrogen-bond acceptors (Lipinski definition) is 6. The van der Waals surface area contributed by atoms with Crippen LogP contribution in [-0.4, -0.2) is 31.9 Å². The van der Waals surface area contributed by atoms with E-state index < -0.39 is 0 Å². The van der Waals surface area contributed by atoms with Gasteiger partial charge in [0.05, 0.1) is 34.2 Å². The van der Waals surface area contributed by atoms with E-state index in [9.17, 15) is 4.79 Å². The number of amides is 1. The zero-order chi connectivity index (χ0) is 16.1. The number of anilines is 1. The molecular formula is C14H12ClN5O2S. The molecule has 0 spiro atoms. The highest BCUT2D eigenvalue weighted by atomic mass is 35.5. The molecule has 7 nitrogen and oxygen atoms in total. The van der Waals surface area contributed by atoms with E-state index in [4.69, 9.17) is 16.0 Å². The first kappa shape index (κ1) is 15.6. The number of tetrazole rings is 1. The predicted octanol–water partition coefficient (Wildman–Crippen LogP) is 2.78. The SMILES string of the molecule is O=C(CSCc1ccco1)Nc1cc(-n2cnnn2)ccc1Cl. The second-order valence-electron chi connectivity index (χ2n) is 4.54. The van der Waals surface area contributed by atoms with Crippen LogP contribution in [0.4, 0.5) is 5.69 Å². The zero-order valence-electron chi connectivity index (χ0n) is 11.8. The molecule has 0 saturated carbocycles. The molecule has 9 heteroatoms. The van der Waals surface area contributed by atoms with Crippen LogP contribution in [-0.2, 0) is 10.5 Å². The largest absolute Gasteiger partial charge is 0.468 e. The Kier molecular flexibility index (Phi) is 4.94. The maximum absolute atomic E-state index is 12.0. The van der Waals surface area contributed by atoms with Crippen molar-refractivity contribution in [2.24, 2.45) is 0 Å². The minimum atomic E-state index is -0.141. The fourth-order valence-electron chi connectivity index (χ4n) is 1.86. The molecule has 0 unspecified atom stereocenters. The topological polar surface area (TPSA) is 85.8 Å². The van der Waals surface area contributed by atoms with Crippen LogP contribution in [0, 0.1) is 0 Å². The molecule has 23 heavy (non-hydrogen) atoms. The summed E-state index contributed by atoms with van der Waals surface area (Å²) in [6, 6.07) is 8.86. The first-order valence-corrected chi connectivity index (χ1v) is 8.18. The summed E-state index contributed by atoms with van der Waals surface area (Å²) in [6.45, 7) is 0. The summed E-state index contributed by atoms with van der Waals surface area (Å²) < 4.78 is 6.70. The van der Waals surface area contributed by atoms with E-state index in [0.29, 0.717) is 27.9 Å². The van der Waals surface area contributed by atoms with Gasteiger partial charge < -0.3 is 9.73 Å². The molecule has 0 atom stereocenters. The van der Waals surface area contributed by atoms with Crippen LogP contribution in [0.5, 0.6) is 0 Å². The van der Waals surface area contributed by atoms with E-state index in [1.165, 1.54) is 22.8 Å². The molecule has 1 amide bonds. The minimum absolute atomic E-state index is 0.141. The van der Waals surface area contributed by atoms with E-state index in [0.717, 1.165) is 5.76 Å². The first-order chi connectivity index (χ1) is 11.2. The zero-order valence-corrected chi connectivity index (χ0v) is 13.4. The molecular weight excluding hydrogens is 338 g/mol. The summed E-state index contributed by atoms with van der Waals surface area (Å²) in [5, 5.41) is 14.2. The Morgan fingerprint density at radius 2 is 2.30 bits per heavy atom. The van der Waals surface area contributed by atoms with Gasteiger partial charge in [0.2, 0.25) is 5.91 Å². The number of rotatable bonds is 6. The molecule has 3 aromatic rings. The molecule has 3 rings (SSSR count). The summed E-state index contributed by atoms with van der Waals surface area (Å²) in [7, 11) is 0. The molecule has 2 aromatic heterocycles. The molecule has 0 saturated heterocycles. The molecule has 0 aliphatic heterocycles. The Hall–Kier alpha value is -2.32. The van der Waals surface area contributed by atoms with Crippen molar-refractivity contribution in [2.45, 2.75) is 5.75 Å². The maximum Gasteiger partial charge on any atom is 0.234 e. The average Bonchev–Trinajstić information content (AvgIpc) is 3.22. The maximum atomic E-state index is 12.0. The normalized spacial score (nSPS) is 10.7. The number of nitrogens with zero attached hydrogens (tertiary/aromatic N) is 4. The number of halogens is 1. The van der Waals surface area contributed by atoms with Crippen molar-refractivity contribution < 1.29 is 9.21 Å². The molecule has 0 radical (unpaired) electrons. The Morgan fingerprint density at radius 3 is 3.04 bits per heavy atom. The van der Waals surface area contributed by atoms with Crippen LogP contribution in [0.2, 0.25) is 5.02 Å². The molecule has 0 bridgehead atoms. The second kappa shape index (κ2) is 7.30. The Morgan fingerprint density at radius 1 is 1.39 bits per heavy atom. The number of benzene rings is 1. The van der Waals surface area contributed by atoms with Crippen LogP contribution in [0.3, 0.4) is 0 Å². The van der Waals surface area contributed by atoms with Crippen LogP contribution in [0.25, 0.3) is 5.69 Å². The van der Waals surface area contributed by atoms with Gasteiger partial charge in [-0.2, -0.15) is 0 Å². The molecule has 0 aliphatic carbocycles. The number of aromatic nitrogens is 4. The van der Waals surface area contributed by atoms with E-state index in [1.807, 2.05) is 12.1 Å². The first-order valence-electron chi connectivity index (χ1n) is 6.65. The van der Waals surface area contributed by atoms with Gasteiger partial charge in [0.15, 0.2) is 0 Å². The van der Waals surface area contributed by atoms with Crippen LogP contribution in [0.1, 0.15) is 5.76 Å². The Bertz CT molecular complexity index is 777. The smallest absolute Gasteiger partial charge is 0.234 e. The molecule has 0 fully saturated rings. The van der Waals surface area contributed by atoms with Gasteiger partial charge in [-0.1, -0.05) is 11.6 Å². The lowest BCUT2D eigenvalue weighted by Crippen LogP contribution is -2.14. The van der Waals surface area contributed by atoms with Gasteiger partial charge in [0, 0.05) is 0 Å². The lowest BCUT2D eigenvalue weighted by Gasteiger charge is -2.09. The van der Waals surface area contributed by atoms with Gasteiger partial charge in [-0.25, -0.2) is 4.68 Å². The number of nitrogens with one attached hydrogen (secondary N) is 1. The predicted molar refractivity (Wildman–Crippen MR) is 87.7 cm³/mol. The minimum Gasteiger partial charge on any atom is -0.468 e. The van der Waals surface area contributed by atoms with Crippen molar-refractivity contribution in [3.05, 3.63) is 53.7 Å². The van der Waals surface area contributed by atoms with E-state index in [2.05, 4.69) is 20.8 Å². The third-order valence-corrected chi connectivity index (χ3v) is 4.18. The van der Waals surface area contributed by atoms with Crippen molar-refractivity contribution in [1.82, 2.24) is 20.2 Å². The van der Waals surface area contributed by atoms with Gasteiger partial charge in [-0.3, -0.25) is 4.79 Å².